The van der Waals surface area contributed by atoms with Crippen molar-refractivity contribution in [1.82, 2.24) is 14.1 Å². The van der Waals surface area contributed by atoms with Crippen molar-refractivity contribution in [3.63, 3.8) is 0 Å². The molecule has 1 unspecified atom stereocenters. The molecular formula is C19H31N3O6S. The number of benzene rings is 1. The number of aliphatic hydroxyl groups excluding tert-OH is 1. The molecule has 2 heterocycles. The summed E-state index contributed by atoms with van der Waals surface area (Å²) in [6.07, 6.45) is -0.456. The molecular weight excluding hydrogens is 398 g/mol. The summed E-state index contributed by atoms with van der Waals surface area (Å²) in [5.74, 6) is 0.879. The summed E-state index contributed by atoms with van der Waals surface area (Å²) in [6.45, 7) is 6.22. The molecule has 2 aliphatic rings. The van der Waals surface area contributed by atoms with Gasteiger partial charge in [0.05, 0.1) is 38.4 Å². The molecule has 0 spiro atoms. The van der Waals surface area contributed by atoms with Gasteiger partial charge in [-0.1, -0.05) is 0 Å². The molecule has 0 radical (unpaired) electrons. The maximum absolute atomic E-state index is 13.0. The van der Waals surface area contributed by atoms with Crippen LogP contribution < -0.4 is 9.47 Å². The van der Waals surface area contributed by atoms with Gasteiger partial charge in [0, 0.05) is 58.4 Å². The van der Waals surface area contributed by atoms with Gasteiger partial charge < -0.3 is 19.3 Å². The zero-order valence-electron chi connectivity index (χ0n) is 17.1. The lowest BCUT2D eigenvalue weighted by atomic mass is 10.2. The van der Waals surface area contributed by atoms with Gasteiger partial charge in [-0.05, 0) is 12.1 Å². The summed E-state index contributed by atoms with van der Waals surface area (Å²) < 4.78 is 43.2. The Kier molecular flexibility index (Phi) is 7.72. The van der Waals surface area contributed by atoms with E-state index >= 15 is 0 Å². The lowest BCUT2D eigenvalue weighted by Gasteiger charge is -2.36. The van der Waals surface area contributed by atoms with Crippen LogP contribution in [0.4, 0.5) is 0 Å². The minimum Gasteiger partial charge on any atom is -0.493 e. The van der Waals surface area contributed by atoms with Gasteiger partial charge >= 0.3 is 0 Å². The van der Waals surface area contributed by atoms with E-state index < -0.39 is 16.1 Å². The maximum Gasteiger partial charge on any atom is 0.243 e. The zero-order chi connectivity index (χ0) is 20.9. The lowest BCUT2D eigenvalue weighted by Crippen LogP contribution is -2.52. The molecule has 2 saturated heterocycles. The molecule has 1 aromatic carbocycles. The third-order valence-corrected chi connectivity index (χ3v) is 7.26. The predicted molar refractivity (Wildman–Crippen MR) is 108 cm³/mol. The van der Waals surface area contributed by atoms with Gasteiger partial charge in [0.1, 0.15) is 0 Å². The molecule has 1 N–H and O–H groups in total. The van der Waals surface area contributed by atoms with E-state index in [-0.39, 0.29) is 4.90 Å². The molecule has 1 aromatic rings. The van der Waals surface area contributed by atoms with E-state index in [2.05, 4.69) is 9.80 Å². The highest BCUT2D eigenvalue weighted by atomic mass is 32.2. The van der Waals surface area contributed by atoms with Crippen molar-refractivity contribution < 1.29 is 27.7 Å². The number of hydrogen-bond donors (Lipinski definition) is 1. The predicted octanol–water partition coefficient (Wildman–Crippen LogP) is -0.297. The number of sulfonamides is 1. The van der Waals surface area contributed by atoms with E-state index in [9.17, 15) is 13.5 Å². The second kappa shape index (κ2) is 10.1. The minimum absolute atomic E-state index is 0.191. The Hall–Kier alpha value is -1.43. The van der Waals surface area contributed by atoms with Crippen LogP contribution in [0.15, 0.2) is 23.1 Å². The van der Waals surface area contributed by atoms with Crippen molar-refractivity contribution in [2.45, 2.75) is 11.0 Å². The van der Waals surface area contributed by atoms with Crippen molar-refractivity contribution in [2.75, 3.05) is 79.8 Å². The first-order chi connectivity index (χ1) is 13.9. The quantitative estimate of drug-likeness (QED) is 0.603. The van der Waals surface area contributed by atoms with Crippen LogP contribution in [0.1, 0.15) is 0 Å². The molecule has 2 fully saturated rings. The van der Waals surface area contributed by atoms with Crippen LogP contribution in [0.5, 0.6) is 11.5 Å². The fraction of sp³-hybridized carbons (Fsp3) is 0.684. The van der Waals surface area contributed by atoms with E-state index in [1.54, 1.807) is 6.07 Å². The summed E-state index contributed by atoms with van der Waals surface area (Å²) >= 11 is 0. The standard InChI is InChI=1S/C19H31N3O6S/c1-26-18-4-3-17(13-19(18)27-2)29(24,25)22-7-5-20(6-8-22)14-16(23)15-21-9-11-28-12-10-21/h3-4,13,16,23H,5-12,14-15H2,1-2H3. The molecule has 164 valence electrons. The largest absolute Gasteiger partial charge is 0.493 e. The second-order valence-corrected chi connectivity index (χ2v) is 9.23. The van der Waals surface area contributed by atoms with Crippen molar-refractivity contribution in [1.29, 1.82) is 0 Å². The second-order valence-electron chi connectivity index (χ2n) is 7.29. The molecule has 10 heteroatoms. The van der Waals surface area contributed by atoms with Crippen LogP contribution in [0.3, 0.4) is 0 Å². The highest BCUT2D eigenvalue weighted by molar-refractivity contribution is 7.89. The first kappa shape index (κ1) is 22.3. The number of methoxy groups -OCH3 is 2. The number of piperazine rings is 1. The van der Waals surface area contributed by atoms with Crippen LogP contribution in [-0.4, -0.2) is 114 Å². The topological polar surface area (TPSA) is 91.8 Å². The Bertz CT molecular complexity index is 761. The molecule has 0 bridgehead atoms. The van der Waals surface area contributed by atoms with Gasteiger partial charge in [0.2, 0.25) is 10.0 Å². The first-order valence-corrected chi connectivity index (χ1v) is 11.3. The summed E-state index contributed by atoms with van der Waals surface area (Å²) in [5, 5.41) is 10.4. The van der Waals surface area contributed by atoms with E-state index in [4.69, 9.17) is 14.2 Å². The van der Waals surface area contributed by atoms with Crippen LogP contribution in [0, 0.1) is 0 Å². The minimum atomic E-state index is -3.61. The molecule has 2 aliphatic heterocycles. The number of hydrogen-bond acceptors (Lipinski definition) is 8. The molecule has 0 amide bonds. The normalized spacial score (nSPS) is 21.1. The lowest BCUT2D eigenvalue weighted by molar-refractivity contribution is 0.00469. The van der Waals surface area contributed by atoms with E-state index in [0.717, 1.165) is 13.1 Å². The number of aliphatic hydroxyl groups is 1. The number of morpholine rings is 1. The highest BCUT2D eigenvalue weighted by Crippen LogP contribution is 2.30. The molecule has 0 aliphatic carbocycles. The Labute approximate surface area is 172 Å². The maximum atomic E-state index is 13.0. The molecule has 0 aromatic heterocycles. The fourth-order valence-electron chi connectivity index (χ4n) is 3.72. The van der Waals surface area contributed by atoms with Gasteiger partial charge in [0.25, 0.3) is 0 Å². The van der Waals surface area contributed by atoms with Crippen LogP contribution in [-0.2, 0) is 14.8 Å². The third kappa shape index (κ3) is 5.59. The SMILES string of the molecule is COc1ccc(S(=O)(=O)N2CCN(CC(O)CN3CCOCC3)CC2)cc1OC. The summed E-state index contributed by atoms with van der Waals surface area (Å²) in [6, 6.07) is 4.63. The number of β-amino-alcohol motifs (C(OH)–C–C–N with tert-alkyl or cyclic N) is 1. The van der Waals surface area contributed by atoms with Crippen molar-refractivity contribution in [3.8, 4) is 11.5 Å². The van der Waals surface area contributed by atoms with Crippen molar-refractivity contribution in [2.24, 2.45) is 0 Å². The number of nitrogens with zero attached hydrogens (tertiary/aromatic N) is 3. The molecule has 0 saturated carbocycles. The van der Waals surface area contributed by atoms with E-state index in [1.807, 2.05) is 0 Å². The molecule has 3 rings (SSSR count). The van der Waals surface area contributed by atoms with Gasteiger partial charge in [-0.15, -0.1) is 0 Å². The van der Waals surface area contributed by atoms with E-state index in [0.29, 0.717) is 64.0 Å². The third-order valence-electron chi connectivity index (χ3n) is 5.37. The zero-order valence-corrected chi connectivity index (χ0v) is 17.9. The average Bonchev–Trinajstić information content (AvgIpc) is 2.74. The highest BCUT2D eigenvalue weighted by Gasteiger charge is 2.30. The number of ether oxygens (including phenoxy) is 3. The smallest absolute Gasteiger partial charge is 0.243 e. The molecule has 29 heavy (non-hydrogen) atoms. The monoisotopic (exact) mass is 429 g/mol. The van der Waals surface area contributed by atoms with Crippen molar-refractivity contribution in [3.05, 3.63) is 18.2 Å². The molecule has 1 atom stereocenters. The van der Waals surface area contributed by atoms with Crippen molar-refractivity contribution >= 4 is 10.0 Å². The van der Waals surface area contributed by atoms with Gasteiger partial charge in [-0.2, -0.15) is 4.31 Å². The van der Waals surface area contributed by atoms with Crippen LogP contribution in [0.25, 0.3) is 0 Å². The van der Waals surface area contributed by atoms with Gasteiger partial charge in [-0.3, -0.25) is 9.80 Å². The first-order valence-electron chi connectivity index (χ1n) is 9.86. The van der Waals surface area contributed by atoms with Crippen LogP contribution in [0.2, 0.25) is 0 Å². The summed E-state index contributed by atoms with van der Waals surface area (Å²) in [7, 11) is -0.614. The van der Waals surface area contributed by atoms with E-state index in [1.165, 1.54) is 30.7 Å². The Morgan fingerprint density at radius 2 is 1.55 bits per heavy atom. The van der Waals surface area contributed by atoms with Gasteiger partial charge in [-0.25, -0.2) is 8.42 Å². The molecule has 9 nitrogen and oxygen atoms in total. The van der Waals surface area contributed by atoms with Crippen LogP contribution >= 0.6 is 0 Å². The Morgan fingerprint density at radius 3 is 2.14 bits per heavy atom. The Morgan fingerprint density at radius 1 is 0.966 bits per heavy atom. The average molecular weight is 430 g/mol. The summed E-state index contributed by atoms with van der Waals surface area (Å²) in [5.41, 5.74) is 0. The fourth-order valence-corrected chi connectivity index (χ4v) is 5.15. The number of rotatable bonds is 8. The summed E-state index contributed by atoms with van der Waals surface area (Å²) in [4.78, 5) is 4.51. The Balaban J connectivity index is 1.54. The van der Waals surface area contributed by atoms with Gasteiger partial charge in [0.15, 0.2) is 11.5 Å².